The van der Waals surface area contributed by atoms with E-state index in [1.165, 1.54) is 19.3 Å². The predicted octanol–water partition coefficient (Wildman–Crippen LogP) is 2.49. The van der Waals surface area contributed by atoms with Gasteiger partial charge in [0.15, 0.2) is 6.10 Å². The van der Waals surface area contributed by atoms with E-state index in [0.29, 0.717) is 23.2 Å². The number of nitrogens with two attached hydrogens (primary N) is 1. The lowest BCUT2D eigenvalue weighted by Crippen LogP contribution is -2.43. The van der Waals surface area contributed by atoms with Gasteiger partial charge in [-0.15, -0.1) is 0 Å². The van der Waals surface area contributed by atoms with Crippen molar-refractivity contribution in [1.82, 2.24) is 5.32 Å². The molecule has 5 heteroatoms. The van der Waals surface area contributed by atoms with Crippen molar-refractivity contribution in [2.45, 2.75) is 51.2 Å². The lowest BCUT2D eigenvalue weighted by atomic mass is 9.95. The van der Waals surface area contributed by atoms with Crippen LogP contribution in [0.4, 0.5) is 5.69 Å². The number of hydrogen-bond acceptors (Lipinski definition) is 4. The highest BCUT2D eigenvalue weighted by atomic mass is 16.5. The number of carbonyl (C=O) groups excluding carboxylic acids is 1. The molecular formula is C16H24N2O3. The van der Waals surface area contributed by atoms with Crippen molar-refractivity contribution in [1.29, 1.82) is 0 Å². The van der Waals surface area contributed by atoms with Crippen LogP contribution in [0.2, 0.25) is 0 Å². The molecule has 116 valence electrons. The maximum absolute atomic E-state index is 12.1. The standard InChI is InChI=1S/C16H24N2O3/c1-11(16(19)18-12-6-4-3-5-7-12)21-13-8-9-15(20-2)14(17)10-13/h8-12H,3-7,17H2,1-2H3,(H,18,19). The van der Waals surface area contributed by atoms with Gasteiger partial charge < -0.3 is 20.5 Å². The summed E-state index contributed by atoms with van der Waals surface area (Å²) in [6, 6.07) is 5.44. The van der Waals surface area contributed by atoms with Crippen LogP contribution in [-0.2, 0) is 4.79 Å². The number of benzene rings is 1. The highest BCUT2D eigenvalue weighted by Gasteiger charge is 2.20. The van der Waals surface area contributed by atoms with E-state index >= 15 is 0 Å². The second-order valence-corrected chi connectivity index (χ2v) is 5.51. The van der Waals surface area contributed by atoms with Crippen LogP contribution in [0, 0.1) is 0 Å². The quantitative estimate of drug-likeness (QED) is 0.818. The molecule has 5 nitrogen and oxygen atoms in total. The van der Waals surface area contributed by atoms with Gasteiger partial charge in [-0.2, -0.15) is 0 Å². The monoisotopic (exact) mass is 292 g/mol. The molecule has 1 aliphatic rings. The van der Waals surface area contributed by atoms with Gasteiger partial charge in [-0.25, -0.2) is 0 Å². The molecule has 0 heterocycles. The Kier molecular flexibility index (Phi) is 5.31. The van der Waals surface area contributed by atoms with Crippen molar-refractivity contribution in [3.8, 4) is 11.5 Å². The van der Waals surface area contributed by atoms with Crippen LogP contribution in [0.25, 0.3) is 0 Å². The molecule has 0 bridgehead atoms. The van der Waals surface area contributed by atoms with E-state index in [1.807, 2.05) is 0 Å². The van der Waals surface area contributed by atoms with Gasteiger partial charge in [0.1, 0.15) is 11.5 Å². The number of hydrogen-bond donors (Lipinski definition) is 2. The SMILES string of the molecule is COc1ccc(OC(C)C(=O)NC2CCCCC2)cc1N. The fourth-order valence-corrected chi connectivity index (χ4v) is 2.61. The summed E-state index contributed by atoms with van der Waals surface area (Å²) in [4.78, 5) is 12.1. The molecule has 1 saturated carbocycles. The molecule has 3 N–H and O–H groups in total. The van der Waals surface area contributed by atoms with E-state index in [-0.39, 0.29) is 5.91 Å². The van der Waals surface area contributed by atoms with Crippen LogP contribution in [0.15, 0.2) is 18.2 Å². The summed E-state index contributed by atoms with van der Waals surface area (Å²) in [6.45, 7) is 1.75. The van der Waals surface area contributed by atoms with Gasteiger partial charge in [0.25, 0.3) is 5.91 Å². The minimum Gasteiger partial charge on any atom is -0.495 e. The number of rotatable bonds is 5. The molecule has 0 spiro atoms. The van der Waals surface area contributed by atoms with Crippen LogP contribution in [0.3, 0.4) is 0 Å². The van der Waals surface area contributed by atoms with Crippen molar-refractivity contribution < 1.29 is 14.3 Å². The number of carbonyl (C=O) groups is 1. The number of nitrogen functional groups attached to an aromatic ring is 1. The van der Waals surface area contributed by atoms with Crippen LogP contribution in [0.1, 0.15) is 39.0 Å². The van der Waals surface area contributed by atoms with Crippen LogP contribution >= 0.6 is 0 Å². The smallest absolute Gasteiger partial charge is 0.260 e. The maximum Gasteiger partial charge on any atom is 0.260 e. The summed E-state index contributed by atoms with van der Waals surface area (Å²) in [5.74, 6) is 1.09. The third kappa shape index (κ3) is 4.28. The number of methoxy groups -OCH3 is 1. The molecule has 1 unspecified atom stereocenters. The molecule has 0 aromatic heterocycles. The van der Waals surface area contributed by atoms with Crippen LogP contribution in [0.5, 0.6) is 11.5 Å². The Morgan fingerprint density at radius 1 is 1.33 bits per heavy atom. The summed E-state index contributed by atoms with van der Waals surface area (Å²) >= 11 is 0. The zero-order valence-electron chi connectivity index (χ0n) is 12.7. The first-order chi connectivity index (χ1) is 10.1. The summed E-state index contributed by atoms with van der Waals surface area (Å²) in [7, 11) is 1.56. The van der Waals surface area contributed by atoms with E-state index < -0.39 is 6.10 Å². The van der Waals surface area contributed by atoms with Gasteiger partial charge >= 0.3 is 0 Å². The summed E-state index contributed by atoms with van der Waals surface area (Å²) in [5, 5.41) is 3.06. The largest absolute Gasteiger partial charge is 0.495 e. The van der Waals surface area contributed by atoms with Gasteiger partial charge in [-0.1, -0.05) is 19.3 Å². The second kappa shape index (κ2) is 7.20. The van der Waals surface area contributed by atoms with Gasteiger partial charge in [-0.05, 0) is 31.9 Å². The zero-order chi connectivity index (χ0) is 15.2. The van der Waals surface area contributed by atoms with Gasteiger partial charge in [0, 0.05) is 12.1 Å². The van der Waals surface area contributed by atoms with Crippen molar-refractivity contribution in [3.63, 3.8) is 0 Å². The molecule has 1 atom stereocenters. The summed E-state index contributed by atoms with van der Waals surface area (Å²) in [6.07, 6.45) is 5.23. The molecule has 1 aromatic carbocycles. The fraction of sp³-hybridized carbons (Fsp3) is 0.562. The third-order valence-corrected chi connectivity index (χ3v) is 3.83. The fourth-order valence-electron chi connectivity index (χ4n) is 2.61. The molecule has 2 rings (SSSR count). The first kappa shape index (κ1) is 15.5. The Labute approximate surface area is 125 Å². The van der Waals surface area contributed by atoms with Crippen molar-refractivity contribution in [2.24, 2.45) is 0 Å². The molecule has 21 heavy (non-hydrogen) atoms. The molecular weight excluding hydrogens is 268 g/mol. The van der Waals surface area contributed by atoms with Crippen LogP contribution in [-0.4, -0.2) is 25.2 Å². The second-order valence-electron chi connectivity index (χ2n) is 5.51. The number of nitrogens with one attached hydrogen (secondary N) is 1. The molecule has 0 saturated heterocycles. The Bertz CT molecular complexity index is 484. The first-order valence-electron chi connectivity index (χ1n) is 7.50. The van der Waals surface area contributed by atoms with E-state index in [4.69, 9.17) is 15.2 Å². The predicted molar refractivity (Wildman–Crippen MR) is 82.5 cm³/mol. The molecule has 0 aliphatic heterocycles. The van der Waals surface area contributed by atoms with Crippen molar-refractivity contribution in [3.05, 3.63) is 18.2 Å². The molecule has 1 aromatic rings. The minimum absolute atomic E-state index is 0.0729. The highest BCUT2D eigenvalue weighted by molar-refractivity contribution is 5.81. The van der Waals surface area contributed by atoms with Crippen molar-refractivity contribution in [2.75, 3.05) is 12.8 Å². The average molecular weight is 292 g/mol. The van der Waals surface area contributed by atoms with Crippen molar-refractivity contribution >= 4 is 11.6 Å². The summed E-state index contributed by atoms with van der Waals surface area (Å²) in [5.41, 5.74) is 6.32. The van der Waals surface area contributed by atoms with Gasteiger partial charge in [0.2, 0.25) is 0 Å². The Morgan fingerprint density at radius 3 is 2.67 bits per heavy atom. The molecule has 1 fully saturated rings. The zero-order valence-corrected chi connectivity index (χ0v) is 12.7. The molecule has 1 amide bonds. The number of anilines is 1. The number of ether oxygens (including phenoxy) is 2. The topological polar surface area (TPSA) is 73.6 Å². The van der Waals surface area contributed by atoms with Gasteiger partial charge in [-0.3, -0.25) is 4.79 Å². The Balaban J connectivity index is 1.89. The molecule has 1 aliphatic carbocycles. The third-order valence-electron chi connectivity index (χ3n) is 3.83. The average Bonchev–Trinajstić information content (AvgIpc) is 2.48. The van der Waals surface area contributed by atoms with E-state index in [2.05, 4.69) is 5.32 Å². The number of amides is 1. The normalized spacial score (nSPS) is 17.0. The minimum atomic E-state index is -0.542. The molecule has 0 radical (unpaired) electrons. The van der Waals surface area contributed by atoms with Crippen LogP contribution < -0.4 is 20.5 Å². The lowest BCUT2D eigenvalue weighted by Gasteiger charge is -2.24. The van der Waals surface area contributed by atoms with E-state index in [0.717, 1.165) is 12.8 Å². The Morgan fingerprint density at radius 2 is 2.05 bits per heavy atom. The maximum atomic E-state index is 12.1. The Hall–Kier alpha value is -1.91. The van der Waals surface area contributed by atoms with E-state index in [9.17, 15) is 4.79 Å². The lowest BCUT2D eigenvalue weighted by molar-refractivity contribution is -0.128. The first-order valence-corrected chi connectivity index (χ1v) is 7.50. The highest BCUT2D eigenvalue weighted by Crippen LogP contribution is 2.26. The van der Waals surface area contributed by atoms with Gasteiger partial charge in [0.05, 0.1) is 12.8 Å². The summed E-state index contributed by atoms with van der Waals surface area (Å²) < 4.78 is 10.7. The van der Waals surface area contributed by atoms with E-state index in [1.54, 1.807) is 32.2 Å².